The van der Waals surface area contributed by atoms with E-state index in [2.05, 4.69) is 23.9 Å². The van der Waals surface area contributed by atoms with Crippen LogP contribution in [0.4, 0.5) is 15.8 Å². The minimum absolute atomic E-state index is 0.0600. The van der Waals surface area contributed by atoms with Crippen molar-refractivity contribution in [3.8, 4) is 5.75 Å². The van der Waals surface area contributed by atoms with Gasteiger partial charge in [-0.15, -0.1) is 0 Å². The predicted molar refractivity (Wildman–Crippen MR) is 118 cm³/mol. The summed E-state index contributed by atoms with van der Waals surface area (Å²) in [6.45, 7) is 4.00. The normalized spacial score (nSPS) is 11.2. The number of anilines is 2. The number of hydrogen-bond acceptors (Lipinski definition) is 4. The number of carbonyl (C=O) groups excluding carboxylic acids is 1. The number of sulfonamides is 1. The van der Waals surface area contributed by atoms with Gasteiger partial charge in [0.15, 0.2) is 6.61 Å². The van der Waals surface area contributed by atoms with E-state index >= 15 is 0 Å². The van der Waals surface area contributed by atoms with Crippen LogP contribution >= 0.6 is 0 Å². The number of rotatable bonds is 8. The number of hydrogen-bond donors (Lipinski definition) is 2. The van der Waals surface area contributed by atoms with E-state index < -0.39 is 15.8 Å². The SMILES string of the molecule is CC(C)c1ccc(OCC(=O)Nc2ccc(S(=O)(=O)Nc3ccccc3F)cc2)cc1. The Bertz CT molecular complexity index is 1140. The Morgan fingerprint density at radius 2 is 1.61 bits per heavy atom. The molecule has 0 fully saturated rings. The summed E-state index contributed by atoms with van der Waals surface area (Å²) in [5.41, 5.74) is 1.45. The third kappa shape index (κ3) is 6.05. The number of ether oxygens (including phenoxy) is 1. The first-order valence-corrected chi connectivity index (χ1v) is 11.1. The molecule has 2 N–H and O–H groups in total. The summed E-state index contributed by atoms with van der Waals surface area (Å²) in [6.07, 6.45) is 0. The lowest BCUT2D eigenvalue weighted by molar-refractivity contribution is -0.118. The van der Waals surface area contributed by atoms with E-state index in [1.165, 1.54) is 48.0 Å². The Labute approximate surface area is 181 Å². The van der Waals surface area contributed by atoms with Gasteiger partial charge in [-0.25, -0.2) is 12.8 Å². The van der Waals surface area contributed by atoms with Gasteiger partial charge < -0.3 is 10.1 Å². The molecule has 0 spiro atoms. The highest BCUT2D eigenvalue weighted by atomic mass is 32.2. The maximum Gasteiger partial charge on any atom is 0.262 e. The molecule has 8 heteroatoms. The Hall–Kier alpha value is -3.39. The summed E-state index contributed by atoms with van der Waals surface area (Å²) in [7, 11) is -3.96. The molecule has 162 valence electrons. The lowest BCUT2D eigenvalue weighted by atomic mass is 10.0. The van der Waals surface area contributed by atoms with Gasteiger partial charge in [0.1, 0.15) is 11.6 Å². The second kappa shape index (κ2) is 9.61. The van der Waals surface area contributed by atoms with Crippen LogP contribution in [0.15, 0.2) is 77.7 Å². The van der Waals surface area contributed by atoms with Crippen molar-refractivity contribution in [1.82, 2.24) is 0 Å². The quantitative estimate of drug-likeness (QED) is 0.526. The fourth-order valence-electron chi connectivity index (χ4n) is 2.76. The van der Waals surface area contributed by atoms with E-state index in [1.54, 1.807) is 0 Å². The van der Waals surface area contributed by atoms with Crippen molar-refractivity contribution in [3.63, 3.8) is 0 Å². The topological polar surface area (TPSA) is 84.5 Å². The van der Waals surface area contributed by atoms with Crippen molar-refractivity contribution in [1.29, 1.82) is 0 Å². The molecule has 0 bridgehead atoms. The van der Waals surface area contributed by atoms with E-state index in [0.29, 0.717) is 17.4 Å². The summed E-state index contributed by atoms with van der Waals surface area (Å²) < 4.78 is 46.2. The molecule has 3 aromatic carbocycles. The molecule has 31 heavy (non-hydrogen) atoms. The lowest BCUT2D eigenvalue weighted by Crippen LogP contribution is -2.20. The molecule has 0 aliphatic rings. The highest BCUT2D eigenvalue weighted by Crippen LogP contribution is 2.21. The van der Waals surface area contributed by atoms with Crippen LogP contribution in [0.3, 0.4) is 0 Å². The average Bonchev–Trinajstić information content (AvgIpc) is 2.74. The summed E-state index contributed by atoms with van der Waals surface area (Å²) >= 11 is 0. The zero-order valence-corrected chi connectivity index (χ0v) is 17.9. The fraction of sp³-hybridized carbons (Fsp3) is 0.174. The third-order valence-electron chi connectivity index (χ3n) is 4.48. The number of nitrogens with one attached hydrogen (secondary N) is 2. The summed E-state index contributed by atoms with van der Waals surface area (Å²) in [4.78, 5) is 12.1. The molecule has 0 saturated carbocycles. The van der Waals surface area contributed by atoms with Gasteiger partial charge in [-0.3, -0.25) is 9.52 Å². The minimum Gasteiger partial charge on any atom is -0.484 e. The molecule has 1 amide bonds. The van der Waals surface area contributed by atoms with Gasteiger partial charge in [0.2, 0.25) is 0 Å². The number of carbonyl (C=O) groups is 1. The Balaban J connectivity index is 1.57. The van der Waals surface area contributed by atoms with Crippen LogP contribution in [0.1, 0.15) is 25.3 Å². The van der Waals surface area contributed by atoms with Gasteiger partial charge in [0.25, 0.3) is 15.9 Å². The predicted octanol–water partition coefficient (Wildman–Crippen LogP) is 4.77. The number of amides is 1. The van der Waals surface area contributed by atoms with Crippen molar-refractivity contribution in [3.05, 3.63) is 84.2 Å². The van der Waals surface area contributed by atoms with Gasteiger partial charge in [-0.2, -0.15) is 0 Å². The molecule has 6 nitrogen and oxygen atoms in total. The fourth-order valence-corrected chi connectivity index (χ4v) is 3.83. The molecular weight excluding hydrogens is 419 g/mol. The molecule has 0 radical (unpaired) electrons. The molecule has 0 aromatic heterocycles. The standard InChI is InChI=1S/C23H23FN2O4S/c1-16(2)17-7-11-19(12-8-17)30-15-23(27)25-18-9-13-20(14-10-18)31(28,29)26-22-6-4-3-5-21(22)24/h3-14,16,26H,15H2,1-2H3,(H,25,27). The summed E-state index contributed by atoms with van der Waals surface area (Å²) in [5, 5.41) is 2.64. The highest BCUT2D eigenvalue weighted by molar-refractivity contribution is 7.92. The van der Waals surface area contributed by atoms with Crippen LogP contribution in [0.5, 0.6) is 5.75 Å². The number of para-hydroxylation sites is 1. The minimum atomic E-state index is -3.96. The van der Waals surface area contributed by atoms with E-state index in [-0.39, 0.29) is 23.1 Å². The van der Waals surface area contributed by atoms with Crippen molar-refractivity contribution in [2.24, 2.45) is 0 Å². The number of halogens is 1. The lowest BCUT2D eigenvalue weighted by Gasteiger charge is -2.11. The van der Waals surface area contributed by atoms with Crippen molar-refractivity contribution in [2.75, 3.05) is 16.6 Å². The second-order valence-corrected chi connectivity index (χ2v) is 8.85. The summed E-state index contributed by atoms with van der Waals surface area (Å²) in [6, 6.07) is 18.6. The van der Waals surface area contributed by atoms with Crippen molar-refractivity contribution < 1.29 is 22.3 Å². The average molecular weight is 443 g/mol. The third-order valence-corrected chi connectivity index (χ3v) is 5.86. The molecule has 0 aliphatic carbocycles. The van der Waals surface area contributed by atoms with E-state index in [4.69, 9.17) is 4.74 Å². The van der Waals surface area contributed by atoms with Gasteiger partial charge >= 0.3 is 0 Å². The molecule has 0 aliphatic heterocycles. The smallest absolute Gasteiger partial charge is 0.262 e. The Morgan fingerprint density at radius 1 is 0.968 bits per heavy atom. The zero-order valence-electron chi connectivity index (χ0n) is 17.1. The van der Waals surface area contributed by atoms with Crippen molar-refractivity contribution >= 4 is 27.3 Å². The van der Waals surface area contributed by atoms with Crippen LogP contribution in [-0.2, 0) is 14.8 Å². The van der Waals surface area contributed by atoms with E-state index in [9.17, 15) is 17.6 Å². The summed E-state index contributed by atoms with van der Waals surface area (Å²) in [5.74, 6) is -0.0620. The van der Waals surface area contributed by atoms with Gasteiger partial charge in [0, 0.05) is 5.69 Å². The molecule has 0 heterocycles. The molecular formula is C23H23FN2O4S. The molecule has 0 saturated heterocycles. The highest BCUT2D eigenvalue weighted by Gasteiger charge is 2.16. The largest absolute Gasteiger partial charge is 0.484 e. The first-order chi connectivity index (χ1) is 14.7. The first-order valence-electron chi connectivity index (χ1n) is 9.64. The van der Waals surface area contributed by atoms with Crippen LogP contribution in [0.25, 0.3) is 0 Å². The molecule has 3 aromatic rings. The van der Waals surface area contributed by atoms with Crippen LogP contribution in [0.2, 0.25) is 0 Å². The first kappa shape index (κ1) is 22.3. The maximum atomic E-state index is 13.7. The van der Waals surface area contributed by atoms with E-state index in [1.807, 2.05) is 24.3 Å². The second-order valence-electron chi connectivity index (χ2n) is 7.17. The maximum absolute atomic E-state index is 13.7. The zero-order chi connectivity index (χ0) is 22.4. The van der Waals surface area contributed by atoms with Crippen LogP contribution in [-0.4, -0.2) is 20.9 Å². The van der Waals surface area contributed by atoms with Crippen LogP contribution in [0, 0.1) is 5.82 Å². The van der Waals surface area contributed by atoms with Gasteiger partial charge in [-0.1, -0.05) is 38.1 Å². The molecule has 0 atom stereocenters. The molecule has 0 unspecified atom stereocenters. The van der Waals surface area contributed by atoms with E-state index in [0.717, 1.165) is 6.07 Å². The van der Waals surface area contributed by atoms with Crippen LogP contribution < -0.4 is 14.8 Å². The number of benzene rings is 3. The van der Waals surface area contributed by atoms with Crippen molar-refractivity contribution in [2.45, 2.75) is 24.7 Å². The Morgan fingerprint density at radius 3 is 2.23 bits per heavy atom. The van der Waals surface area contributed by atoms with Gasteiger partial charge in [-0.05, 0) is 60.0 Å². The Kier molecular flexibility index (Phi) is 6.91. The molecule has 3 rings (SSSR count). The van der Waals surface area contributed by atoms with Gasteiger partial charge in [0.05, 0.1) is 10.6 Å². The monoisotopic (exact) mass is 442 g/mol.